The van der Waals surface area contributed by atoms with E-state index in [1.54, 1.807) is 24.3 Å². The Morgan fingerprint density at radius 3 is 2.28 bits per heavy atom. The van der Waals surface area contributed by atoms with Gasteiger partial charge >= 0.3 is 0 Å². The van der Waals surface area contributed by atoms with Crippen molar-refractivity contribution in [2.75, 3.05) is 26.2 Å². The van der Waals surface area contributed by atoms with Crippen molar-refractivity contribution in [2.45, 2.75) is 19.5 Å². The lowest BCUT2D eigenvalue weighted by Gasteiger charge is -2.34. The molecule has 1 aliphatic heterocycles. The lowest BCUT2D eigenvalue weighted by atomic mass is 10.0. The van der Waals surface area contributed by atoms with Crippen molar-refractivity contribution in [2.24, 2.45) is 0 Å². The third-order valence-electron chi connectivity index (χ3n) is 6.21. The number of nitrogens with zero attached hydrogens (tertiary/aromatic N) is 3. The largest absolute Gasteiger partial charge is 0.507 e. The van der Waals surface area contributed by atoms with Crippen LogP contribution in [0, 0.1) is 5.82 Å². The van der Waals surface area contributed by atoms with E-state index in [-0.39, 0.29) is 11.6 Å². The summed E-state index contributed by atoms with van der Waals surface area (Å²) in [5.41, 5.74) is 3.91. The number of piperazine rings is 1. The molecule has 0 bridgehead atoms. The van der Waals surface area contributed by atoms with Crippen LogP contribution in [0.3, 0.4) is 0 Å². The zero-order chi connectivity index (χ0) is 21.9. The average Bonchev–Trinajstić information content (AvgIpc) is 3.22. The summed E-state index contributed by atoms with van der Waals surface area (Å²) in [6.07, 6.45) is 0.349. The van der Waals surface area contributed by atoms with Gasteiger partial charge in [-0.1, -0.05) is 53.7 Å². The number of hydrogen-bond acceptors (Lipinski definition) is 5. The van der Waals surface area contributed by atoms with E-state index in [1.807, 2.05) is 12.1 Å². The first kappa shape index (κ1) is 20.7. The molecule has 5 nitrogen and oxygen atoms in total. The summed E-state index contributed by atoms with van der Waals surface area (Å²) in [5, 5.41) is 15.6. The van der Waals surface area contributed by atoms with Crippen LogP contribution in [0.4, 0.5) is 4.39 Å². The predicted octanol–water partition coefficient (Wildman–Crippen LogP) is 4.58. The van der Waals surface area contributed by atoms with Gasteiger partial charge in [0.15, 0.2) is 5.58 Å². The normalized spacial score (nSPS) is 15.4. The van der Waals surface area contributed by atoms with Gasteiger partial charge in [-0.15, -0.1) is 0 Å². The topological polar surface area (TPSA) is 52.7 Å². The van der Waals surface area contributed by atoms with Gasteiger partial charge in [0.05, 0.1) is 11.3 Å². The number of phenolic OH excluding ortho intramolecular Hbond substituents is 1. The minimum atomic E-state index is -0.254. The van der Waals surface area contributed by atoms with Crippen molar-refractivity contribution >= 4 is 11.0 Å². The van der Waals surface area contributed by atoms with Gasteiger partial charge in [0, 0.05) is 51.1 Å². The SMILES string of the molecule is Oc1ccc2c(Cc3ccccc3F)noc2c1CN1CCN(Cc2ccccc2)CC1. The van der Waals surface area contributed by atoms with Crippen molar-refractivity contribution in [1.29, 1.82) is 0 Å². The van der Waals surface area contributed by atoms with Crippen molar-refractivity contribution in [1.82, 2.24) is 15.0 Å². The Hall–Kier alpha value is -3.22. The van der Waals surface area contributed by atoms with Gasteiger partial charge in [0.1, 0.15) is 11.6 Å². The fourth-order valence-electron chi connectivity index (χ4n) is 4.37. The molecular weight excluding hydrogens is 405 g/mol. The van der Waals surface area contributed by atoms with E-state index in [4.69, 9.17) is 4.52 Å². The van der Waals surface area contributed by atoms with E-state index in [2.05, 4.69) is 39.2 Å². The van der Waals surface area contributed by atoms with Gasteiger partial charge in [-0.05, 0) is 29.3 Å². The molecule has 1 aromatic heterocycles. The quantitative estimate of drug-likeness (QED) is 0.484. The number of benzene rings is 3. The molecule has 0 aliphatic carbocycles. The number of hydrogen-bond donors (Lipinski definition) is 1. The number of aromatic hydroxyl groups is 1. The molecule has 0 saturated carbocycles. The Balaban J connectivity index is 1.29. The average molecular weight is 432 g/mol. The monoisotopic (exact) mass is 431 g/mol. The Labute approximate surface area is 186 Å². The number of rotatable bonds is 6. The Bertz CT molecular complexity index is 1200. The molecule has 0 spiro atoms. The van der Waals surface area contributed by atoms with Crippen molar-refractivity contribution in [3.8, 4) is 5.75 Å². The first-order valence-electron chi connectivity index (χ1n) is 11.0. The molecule has 6 heteroatoms. The van der Waals surface area contributed by atoms with Gasteiger partial charge in [-0.3, -0.25) is 9.80 Å². The Morgan fingerprint density at radius 1 is 0.844 bits per heavy atom. The fraction of sp³-hybridized carbons (Fsp3) is 0.269. The minimum Gasteiger partial charge on any atom is -0.507 e. The van der Waals surface area contributed by atoms with Crippen LogP contribution in [0.25, 0.3) is 11.0 Å². The van der Waals surface area contributed by atoms with Crippen LogP contribution in [0.5, 0.6) is 5.75 Å². The van der Waals surface area contributed by atoms with Crippen LogP contribution in [0.2, 0.25) is 0 Å². The van der Waals surface area contributed by atoms with E-state index in [0.29, 0.717) is 29.8 Å². The second-order valence-corrected chi connectivity index (χ2v) is 8.38. The van der Waals surface area contributed by atoms with Crippen molar-refractivity contribution in [3.63, 3.8) is 0 Å². The second kappa shape index (κ2) is 9.10. The van der Waals surface area contributed by atoms with E-state index in [9.17, 15) is 9.50 Å². The summed E-state index contributed by atoms with van der Waals surface area (Å²) >= 11 is 0. The van der Waals surface area contributed by atoms with E-state index in [1.165, 1.54) is 11.6 Å². The molecule has 2 heterocycles. The van der Waals surface area contributed by atoms with E-state index < -0.39 is 0 Å². The summed E-state index contributed by atoms with van der Waals surface area (Å²) in [5.74, 6) is -0.0474. The van der Waals surface area contributed by atoms with Crippen LogP contribution < -0.4 is 0 Å². The van der Waals surface area contributed by atoms with Crippen molar-refractivity contribution in [3.05, 3.63) is 94.9 Å². The zero-order valence-corrected chi connectivity index (χ0v) is 17.9. The molecule has 0 radical (unpaired) electrons. The van der Waals surface area contributed by atoms with E-state index in [0.717, 1.165) is 43.7 Å². The van der Waals surface area contributed by atoms with Crippen molar-refractivity contribution < 1.29 is 14.0 Å². The zero-order valence-electron chi connectivity index (χ0n) is 17.9. The van der Waals surface area contributed by atoms with Crippen LogP contribution >= 0.6 is 0 Å². The molecule has 1 aliphatic rings. The molecule has 3 aromatic carbocycles. The summed E-state index contributed by atoms with van der Waals surface area (Å²) in [4.78, 5) is 4.78. The first-order valence-corrected chi connectivity index (χ1v) is 11.0. The highest BCUT2D eigenvalue weighted by Gasteiger charge is 2.22. The molecular formula is C26H26FN3O2. The highest BCUT2D eigenvalue weighted by molar-refractivity contribution is 5.84. The highest BCUT2D eigenvalue weighted by atomic mass is 19.1. The highest BCUT2D eigenvalue weighted by Crippen LogP contribution is 2.32. The van der Waals surface area contributed by atoms with Crippen LogP contribution in [0.15, 0.2) is 71.3 Å². The molecule has 1 saturated heterocycles. The summed E-state index contributed by atoms with van der Waals surface area (Å²) in [7, 11) is 0. The first-order chi connectivity index (χ1) is 15.7. The molecule has 1 N–H and O–H groups in total. The lowest BCUT2D eigenvalue weighted by Crippen LogP contribution is -2.45. The van der Waals surface area contributed by atoms with Crippen LogP contribution in [-0.4, -0.2) is 46.2 Å². The van der Waals surface area contributed by atoms with E-state index >= 15 is 0 Å². The van der Waals surface area contributed by atoms with Crippen LogP contribution in [0.1, 0.15) is 22.4 Å². The molecule has 0 atom stereocenters. The molecule has 32 heavy (non-hydrogen) atoms. The third-order valence-corrected chi connectivity index (χ3v) is 6.21. The standard InChI is InChI=1S/C26H26FN3O2/c27-23-9-5-4-8-20(23)16-24-21-10-11-25(31)22(26(21)32-28-24)18-30-14-12-29(13-15-30)17-19-6-2-1-3-7-19/h1-11,31H,12-18H2. The second-order valence-electron chi connectivity index (χ2n) is 8.38. The number of aromatic nitrogens is 1. The van der Waals surface area contributed by atoms with Gasteiger partial charge in [-0.25, -0.2) is 4.39 Å². The number of halogens is 1. The van der Waals surface area contributed by atoms with Gasteiger partial charge in [0.2, 0.25) is 0 Å². The predicted molar refractivity (Wildman–Crippen MR) is 122 cm³/mol. The minimum absolute atomic E-state index is 0.206. The summed E-state index contributed by atoms with van der Waals surface area (Å²) in [6.45, 7) is 5.33. The van der Waals surface area contributed by atoms with Gasteiger partial charge in [-0.2, -0.15) is 0 Å². The Kier molecular flexibility index (Phi) is 5.88. The van der Waals surface area contributed by atoms with Gasteiger partial charge < -0.3 is 9.63 Å². The summed E-state index contributed by atoms with van der Waals surface area (Å²) in [6, 6.07) is 20.7. The molecule has 1 fully saturated rings. The molecule has 5 rings (SSSR count). The molecule has 4 aromatic rings. The summed E-state index contributed by atoms with van der Waals surface area (Å²) < 4.78 is 19.7. The molecule has 164 valence electrons. The lowest BCUT2D eigenvalue weighted by molar-refractivity contribution is 0.121. The molecule has 0 amide bonds. The third kappa shape index (κ3) is 4.38. The maximum atomic E-state index is 14.1. The molecule has 0 unspecified atom stereocenters. The number of fused-ring (bicyclic) bond motifs is 1. The smallest absolute Gasteiger partial charge is 0.175 e. The van der Waals surface area contributed by atoms with Gasteiger partial charge in [0.25, 0.3) is 0 Å². The van der Waals surface area contributed by atoms with Crippen LogP contribution in [-0.2, 0) is 19.5 Å². The maximum absolute atomic E-state index is 14.1. The number of phenols is 1. The fourth-order valence-corrected chi connectivity index (χ4v) is 4.37. The maximum Gasteiger partial charge on any atom is 0.175 e. The Morgan fingerprint density at radius 2 is 1.53 bits per heavy atom.